The minimum absolute atomic E-state index is 0.0218. The molecule has 0 saturated carbocycles. The molecule has 0 saturated heterocycles. The molecule has 0 aliphatic carbocycles. The van der Waals surface area contributed by atoms with Crippen LogP contribution in [0.1, 0.15) is 10.4 Å². The van der Waals surface area contributed by atoms with Crippen LogP contribution in [-0.4, -0.2) is 49.3 Å². The van der Waals surface area contributed by atoms with Gasteiger partial charge in [0.15, 0.2) is 0 Å². The van der Waals surface area contributed by atoms with Gasteiger partial charge in [0.2, 0.25) is 5.91 Å². The molecular formula is C12H15Cl2N3O2. The number of carbonyl (C=O) groups excluding carboxylic acids is 2. The topological polar surface area (TPSA) is 66.6 Å². The first-order valence-electron chi connectivity index (χ1n) is 5.44. The SMILES string of the molecule is CN(C)C(=O)CN(C)C(=O)c1cc(N)c(Cl)c(Cl)c1. The molecule has 1 aromatic rings. The third-order valence-electron chi connectivity index (χ3n) is 2.52. The third kappa shape index (κ3) is 3.75. The number of likely N-dealkylation sites (N-methyl/N-ethyl adjacent to an activating group) is 2. The van der Waals surface area contributed by atoms with Crippen LogP contribution in [0, 0.1) is 0 Å². The van der Waals surface area contributed by atoms with Gasteiger partial charge in [-0.2, -0.15) is 0 Å². The van der Waals surface area contributed by atoms with Crippen LogP contribution in [0.5, 0.6) is 0 Å². The number of nitrogens with two attached hydrogens (primary N) is 1. The van der Waals surface area contributed by atoms with E-state index >= 15 is 0 Å². The summed E-state index contributed by atoms with van der Waals surface area (Å²) in [5.41, 5.74) is 6.17. The van der Waals surface area contributed by atoms with Crippen molar-refractivity contribution in [3.05, 3.63) is 27.7 Å². The summed E-state index contributed by atoms with van der Waals surface area (Å²) in [5.74, 6) is -0.524. The maximum absolute atomic E-state index is 12.1. The number of anilines is 1. The van der Waals surface area contributed by atoms with Crippen molar-refractivity contribution in [2.24, 2.45) is 0 Å². The highest BCUT2D eigenvalue weighted by Crippen LogP contribution is 2.29. The van der Waals surface area contributed by atoms with E-state index in [1.807, 2.05) is 0 Å². The van der Waals surface area contributed by atoms with E-state index < -0.39 is 0 Å². The van der Waals surface area contributed by atoms with E-state index in [2.05, 4.69) is 0 Å². The number of amides is 2. The highest BCUT2D eigenvalue weighted by atomic mass is 35.5. The maximum atomic E-state index is 12.1. The van der Waals surface area contributed by atoms with Crippen LogP contribution in [-0.2, 0) is 4.79 Å². The standard InChI is InChI=1S/C12H15Cl2N3O2/c1-16(2)10(18)6-17(3)12(19)7-4-8(13)11(14)9(15)5-7/h4-5H,6,15H2,1-3H3. The van der Waals surface area contributed by atoms with Gasteiger partial charge in [0, 0.05) is 26.7 Å². The van der Waals surface area contributed by atoms with E-state index in [-0.39, 0.29) is 34.1 Å². The maximum Gasteiger partial charge on any atom is 0.254 e. The van der Waals surface area contributed by atoms with Gasteiger partial charge in [-0.15, -0.1) is 0 Å². The fraction of sp³-hybridized carbons (Fsp3) is 0.333. The Hall–Kier alpha value is -1.46. The number of hydrogen-bond donors (Lipinski definition) is 1. The lowest BCUT2D eigenvalue weighted by atomic mass is 10.1. The van der Waals surface area contributed by atoms with Crippen molar-refractivity contribution in [3.63, 3.8) is 0 Å². The number of carbonyl (C=O) groups is 2. The lowest BCUT2D eigenvalue weighted by molar-refractivity contribution is -0.129. The first kappa shape index (κ1) is 15.6. The number of halogens is 2. The lowest BCUT2D eigenvalue weighted by Crippen LogP contribution is -2.37. The largest absolute Gasteiger partial charge is 0.397 e. The first-order valence-corrected chi connectivity index (χ1v) is 6.19. The van der Waals surface area contributed by atoms with Crippen LogP contribution in [0.3, 0.4) is 0 Å². The van der Waals surface area contributed by atoms with E-state index in [1.165, 1.54) is 29.0 Å². The Labute approximate surface area is 121 Å². The second-order valence-electron chi connectivity index (χ2n) is 4.31. The number of benzene rings is 1. The Bertz CT molecular complexity index is 495. The molecule has 2 N–H and O–H groups in total. The van der Waals surface area contributed by atoms with Crippen LogP contribution >= 0.6 is 23.2 Å². The second-order valence-corrected chi connectivity index (χ2v) is 5.10. The highest BCUT2D eigenvalue weighted by Gasteiger charge is 2.18. The molecule has 0 bridgehead atoms. The van der Waals surface area contributed by atoms with Gasteiger partial charge in [-0.05, 0) is 12.1 Å². The number of nitrogen functional groups attached to an aromatic ring is 1. The van der Waals surface area contributed by atoms with Crippen molar-refractivity contribution in [2.75, 3.05) is 33.4 Å². The molecule has 0 aliphatic rings. The highest BCUT2D eigenvalue weighted by molar-refractivity contribution is 6.43. The zero-order chi connectivity index (χ0) is 14.7. The zero-order valence-electron chi connectivity index (χ0n) is 10.9. The van der Waals surface area contributed by atoms with Crippen LogP contribution < -0.4 is 5.73 Å². The number of rotatable bonds is 3. The molecule has 104 valence electrons. The van der Waals surface area contributed by atoms with Gasteiger partial charge >= 0.3 is 0 Å². The van der Waals surface area contributed by atoms with Crippen molar-refractivity contribution < 1.29 is 9.59 Å². The van der Waals surface area contributed by atoms with Crippen molar-refractivity contribution in [1.29, 1.82) is 0 Å². The van der Waals surface area contributed by atoms with E-state index in [0.717, 1.165) is 0 Å². The molecule has 0 unspecified atom stereocenters. The van der Waals surface area contributed by atoms with Gasteiger partial charge < -0.3 is 15.5 Å². The molecule has 0 radical (unpaired) electrons. The Kier molecular flexibility index (Phi) is 5.03. The molecule has 19 heavy (non-hydrogen) atoms. The summed E-state index contributed by atoms with van der Waals surface area (Å²) in [5, 5.41) is 0.419. The average molecular weight is 304 g/mol. The lowest BCUT2D eigenvalue weighted by Gasteiger charge is -2.19. The molecule has 0 heterocycles. The Morgan fingerprint density at radius 3 is 2.26 bits per heavy atom. The van der Waals surface area contributed by atoms with Crippen LogP contribution in [0.25, 0.3) is 0 Å². The van der Waals surface area contributed by atoms with Crippen molar-refractivity contribution >= 4 is 40.7 Å². The van der Waals surface area contributed by atoms with Crippen molar-refractivity contribution in [1.82, 2.24) is 9.80 Å². The molecule has 0 atom stereocenters. The zero-order valence-corrected chi connectivity index (χ0v) is 12.4. The van der Waals surface area contributed by atoms with Crippen molar-refractivity contribution in [3.8, 4) is 0 Å². The second kappa shape index (κ2) is 6.12. The molecule has 0 spiro atoms. The summed E-state index contributed by atoms with van der Waals surface area (Å²) in [4.78, 5) is 26.4. The molecule has 7 heteroatoms. The average Bonchev–Trinajstić information content (AvgIpc) is 2.33. The van der Waals surface area contributed by atoms with Crippen molar-refractivity contribution in [2.45, 2.75) is 0 Å². The molecule has 5 nitrogen and oxygen atoms in total. The molecule has 1 rings (SSSR count). The van der Waals surface area contributed by atoms with E-state index in [9.17, 15) is 9.59 Å². The van der Waals surface area contributed by atoms with Gasteiger partial charge in [0.1, 0.15) is 0 Å². The van der Waals surface area contributed by atoms with Gasteiger partial charge in [0.05, 0.1) is 22.3 Å². The minimum atomic E-state index is -0.347. The molecule has 0 aliphatic heterocycles. The molecule has 1 aromatic carbocycles. The summed E-state index contributed by atoms with van der Waals surface area (Å²) < 4.78 is 0. The summed E-state index contributed by atoms with van der Waals surface area (Å²) in [6, 6.07) is 2.87. The van der Waals surface area contributed by atoms with E-state index in [1.54, 1.807) is 14.1 Å². The van der Waals surface area contributed by atoms with Gasteiger partial charge in [0.25, 0.3) is 5.91 Å². The predicted molar refractivity (Wildman–Crippen MR) is 76.5 cm³/mol. The van der Waals surface area contributed by atoms with E-state index in [0.29, 0.717) is 5.56 Å². The summed E-state index contributed by atoms with van der Waals surface area (Å²) in [6.07, 6.45) is 0. The van der Waals surface area contributed by atoms with Crippen LogP contribution in [0.2, 0.25) is 10.0 Å². The molecule has 0 fully saturated rings. The van der Waals surface area contributed by atoms with Gasteiger partial charge in [-0.3, -0.25) is 9.59 Å². The van der Waals surface area contributed by atoms with Crippen LogP contribution in [0.15, 0.2) is 12.1 Å². The van der Waals surface area contributed by atoms with Crippen LogP contribution in [0.4, 0.5) is 5.69 Å². The molecule has 2 amide bonds. The summed E-state index contributed by atoms with van der Waals surface area (Å²) >= 11 is 11.7. The monoisotopic (exact) mass is 303 g/mol. The number of hydrogen-bond acceptors (Lipinski definition) is 3. The van der Waals surface area contributed by atoms with Gasteiger partial charge in [-0.25, -0.2) is 0 Å². The Morgan fingerprint density at radius 1 is 1.21 bits per heavy atom. The minimum Gasteiger partial charge on any atom is -0.397 e. The molecular weight excluding hydrogens is 289 g/mol. The number of nitrogens with zero attached hydrogens (tertiary/aromatic N) is 2. The summed E-state index contributed by atoms with van der Waals surface area (Å²) in [6.45, 7) is -0.0218. The van der Waals surface area contributed by atoms with E-state index in [4.69, 9.17) is 28.9 Å². The third-order valence-corrected chi connectivity index (χ3v) is 3.34. The fourth-order valence-electron chi connectivity index (χ4n) is 1.37. The predicted octanol–water partition coefficient (Wildman–Crippen LogP) is 1.74. The Morgan fingerprint density at radius 2 is 1.79 bits per heavy atom. The molecule has 0 aromatic heterocycles. The van der Waals surface area contributed by atoms with Gasteiger partial charge in [-0.1, -0.05) is 23.2 Å². The summed E-state index contributed by atoms with van der Waals surface area (Å²) in [7, 11) is 4.78. The first-order chi connectivity index (χ1) is 8.73. The smallest absolute Gasteiger partial charge is 0.254 e. The Balaban J connectivity index is 2.92. The fourth-order valence-corrected chi connectivity index (χ4v) is 1.71. The normalized spacial score (nSPS) is 10.2. The quantitative estimate of drug-likeness (QED) is 0.865.